The van der Waals surface area contributed by atoms with Gasteiger partial charge in [-0.15, -0.1) is 22.7 Å². The van der Waals surface area contributed by atoms with Gasteiger partial charge in [0.15, 0.2) is 0 Å². The summed E-state index contributed by atoms with van der Waals surface area (Å²) >= 11 is 3.11. The summed E-state index contributed by atoms with van der Waals surface area (Å²) in [5.74, 6) is 0. The van der Waals surface area contributed by atoms with E-state index in [4.69, 9.17) is 5.26 Å². The van der Waals surface area contributed by atoms with Crippen LogP contribution in [-0.2, 0) is 0 Å². The van der Waals surface area contributed by atoms with Crippen molar-refractivity contribution in [1.29, 1.82) is 10.5 Å². The second-order valence-electron chi connectivity index (χ2n) is 5.10. The maximum atomic E-state index is 9.46. The highest BCUT2D eigenvalue weighted by molar-refractivity contribution is 7.31. The number of rotatable bonds is 3. The number of benzene rings is 1. The molecule has 0 saturated heterocycles. The Morgan fingerprint density at radius 1 is 1.09 bits per heavy atom. The van der Waals surface area contributed by atoms with Gasteiger partial charge < -0.3 is 4.90 Å². The SMILES string of the molecule is CN(C)/C=N/c1sc2cc(-c3ccc(C#N)cc3)sc2c1C#N. The van der Waals surface area contributed by atoms with E-state index < -0.39 is 0 Å². The molecule has 0 aliphatic rings. The van der Waals surface area contributed by atoms with Gasteiger partial charge in [-0.1, -0.05) is 12.1 Å². The van der Waals surface area contributed by atoms with Crippen LogP contribution >= 0.6 is 22.7 Å². The lowest BCUT2D eigenvalue weighted by atomic mass is 10.1. The second kappa shape index (κ2) is 6.21. The van der Waals surface area contributed by atoms with Crippen molar-refractivity contribution in [2.24, 2.45) is 4.99 Å². The van der Waals surface area contributed by atoms with Crippen molar-refractivity contribution in [3.8, 4) is 22.6 Å². The first-order valence-corrected chi connectivity index (χ1v) is 8.43. The molecule has 6 heteroatoms. The highest BCUT2D eigenvalue weighted by Gasteiger charge is 2.15. The molecule has 0 amide bonds. The Bertz CT molecular complexity index is 963. The van der Waals surface area contributed by atoms with Gasteiger partial charge >= 0.3 is 0 Å². The lowest BCUT2D eigenvalue weighted by Gasteiger charge is -2.00. The number of thiophene rings is 2. The third-order valence-electron chi connectivity index (χ3n) is 3.16. The Kier molecular flexibility index (Phi) is 4.12. The third-order valence-corrected chi connectivity index (χ3v) is 5.54. The molecule has 0 bridgehead atoms. The number of nitriles is 2. The Morgan fingerprint density at radius 2 is 1.83 bits per heavy atom. The Labute approximate surface area is 142 Å². The molecule has 2 heterocycles. The minimum Gasteiger partial charge on any atom is -0.369 e. The monoisotopic (exact) mass is 336 g/mol. The summed E-state index contributed by atoms with van der Waals surface area (Å²) in [7, 11) is 3.79. The first-order chi connectivity index (χ1) is 11.1. The zero-order chi connectivity index (χ0) is 16.4. The molecule has 112 valence electrons. The van der Waals surface area contributed by atoms with E-state index in [-0.39, 0.29) is 0 Å². The highest BCUT2D eigenvalue weighted by atomic mass is 32.1. The minimum absolute atomic E-state index is 0.632. The summed E-state index contributed by atoms with van der Waals surface area (Å²) in [5.41, 5.74) is 2.33. The van der Waals surface area contributed by atoms with Gasteiger partial charge in [-0.3, -0.25) is 0 Å². The van der Waals surface area contributed by atoms with Crippen LogP contribution in [0.25, 0.3) is 19.8 Å². The van der Waals surface area contributed by atoms with Gasteiger partial charge in [-0.25, -0.2) is 4.99 Å². The van der Waals surface area contributed by atoms with Crippen molar-refractivity contribution < 1.29 is 0 Å². The normalized spacial score (nSPS) is 10.8. The first kappa shape index (κ1) is 15.2. The number of nitrogens with zero attached hydrogens (tertiary/aromatic N) is 4. The quantitative estimate of drug-likeness (QED) is 0.519. The number of hydrogen-bond donors (Lipinski definition) is 0. The van der Waals surface area contributed by atoms with Gasteiger partial charge in [0.05, 0.1) is 22.7 Å². The van der Waals surface area contributed by atoms with Crippen LogP contribution in [0.4, 0.5) is 5.00 Å². The molecule has 2 aromatic heterocycles. The summed E-state index contributed by atoms with van der Waals surface area (Å²) in [6.45, 7) is 0. The van der Waals surface area contributed by atoms with E-state index in [0.717, 1.165) is 24.8 Å². The van der Waals surface area contributed by atoms with Crippen LogP contribution in [0, 0.1) is 22.7 Å². The zero-order valence-corrected chi connectivity index (χ0v) is 14.2. The molecule has 0 spiro atoms. The number of fused-ring (bicyclic) bond motifs is 1. The Balaban J connectivity index is 2.05. The van der Waals surface area contributed by atoms with E-state index in [1.54, 1.807) is 29.8 Å². The van der Waals surface area contributed by atoms with Gasteiger partial charge in [-0.2, -0.15) is 10.5 Å². The molecule has 0 aliphatic heterocycles. The average molecular weight is 336 g/mol. The summed E-state index contributed by atoms with van der Waals surface area (Å²) in [4.78, 5) is 7.32. The predicted octanol–water partition coefficient (Wildman–Crippen LogP) is 4.59. The van der Waals surface area contributed by atoms with Crippen LogP contribution in [0.1, 0.15) is 11.1 Å². The van der Waals surface area contributed by atoms with E-state index >= 15 is 0 Å². The maximum Gasteiger partial charge on any atom is 0.137 e. The molecule has 0 atom stereocenters. The smallest absolute Gasteiger partial charge is 0.137 e. The average Bonchev–Trinajstić information content (AvgIpc) is 3.10. The van der Waals surface area contributed by atoms with Gasteiger partial charge in [0.1, 0.15) is 16.6 Å². The van der Waals surface area contributed by atoms with Crippen LogP contribution in [0.3, 0.4) is 0 Å². The van der Waals surface area contributed by atoms with Gasteiger partial charge in [-0.05, 0) is 23.8 Å². The molecule has 3 aromatic rings. The molecule has 0 radical (unpaired) electrons. The lowest BCUT2D eigenvalue weighted by Crippen LogP contribution is -2.06. The number of hydrogen-bond acceptors (Lipinski definition) is 5. The summed E-state index contributed by atoms with van der Waals surface area (Å²) in [5, 5.41) is 19.1. The van der Waals surface area contributed by atoms with Gasteiger partial charge in [0.25, 0.3) is 0 Å². The van der Waals surface area contributed by atoms with Crippen LogP contribution in [0.2, 0.25) is 0 Å². The number of aliphatic imine (C=N–C) groups is 1. The van der Waals surface area contributed by atoms with Crippen LogP contribution in [0.5, 0.6) is 0 Å². The summed E-state index contributed by atoms with van der Waals surface area (Å²) < 4.78 is 2.04. The van der Waals surface area contributed by atoms with Crippen LogP contribution < -0.4 is 0 Å². The molecule has 0 saturated carbocycles. The van der Waals surface area contributed by atoms with E-state index in [0.29, 0.717) is 11.1 Å². The third kappa shape index (κ3) is 2.95. The van der Waals surface area contributed by atoms with Crippen molar-refractivity contribution in [3.05, 3.63) is 41.5 Å². The van der Waals surface area contributed by atoms with E-state index in [1.807, 2.05) is 31.1 Å². The fourth-order valence-corrected chi connectivity index (χ4v) is 4.46. The van der Waals surface area contributed by atoms with Crippen molar-refractivity contribution in [2.75, 3.05) is 14.1 Å². The molecule has 0 aliphatic carbocycles. The van der Waals surface area contributed by atoms with Crippen molar-refractivity contribution in [2.45, 2.75) is 0 Å². The Morgan fingerprint density at radius 3 is 2.43 bits per heavy atom. The highest BCUT2D eigenvalue weighted by Crippen LogP contribution is 2.44. The molecule has 0 fully saturated rings. The molecule has 3 rings (SSSR count). The topological polar surface area (TPSA) is 63.2 Å². The standard InChI is InChI=1S/C17H12N4S2/c1-21(2)10-20-17-13(9-19)16-15(23-17)7-14(22-16)12-5-3-11(8-18)4-6-12/h3-7,10H,1-2H3/b20-10+. The fraction of sp³-hybridized carbons (Fsp3) is 0.118. The first-order valence-electron chi connectivity index (χ1n) is 6.80. The van der Waals surface area contributed by atoms with Crippen molar-refractivity contribution in [1.82, 2.24) is 4.90 Å². The second-order valence-corrected chi connectivity index (χ2v) is 7.18. The molecular weight excluding hydrogens is 324 g/mol. The molecule has 23 heavy (non-hydrogen) atoms. The maximum absolute atomic E-state index is 9.46. The lowest BCUT2D eigenvalue weighted by molar-refractivity contribution is 0.643. The molecule has 4 nitrogen and oxygen atoms in total. The fourth-order valence-electron chi connectivity index (χ4n) is 2.09. The molecule has 0 unspecified atom stereocenters. The van der Waals surface area contributed by atoms with Crippen molar-refractivity contribution >= 4 is 43.4 Å². The van der Waals surface area contributed by atoms with Crippen LogP contribution in [0.15, 0.2) is 35.3 Å². The molecular formula is C17H12N4S2. The summed E-state index contributed by atoms with van der Waals surface area (Å²) in [6.07, 6.45) is 1.71. The van der Waals surface area contributed by atoms with E-state index in [2.05, 4.69) is 23.2 Å². The Hall–Kier alpha value is -2.67. The van der Waals surface area contributed by atoms with Gasteiger partial charge in [0.2, 0.25) is 0 Å². The van der Waals surface area contributed by atoms with Crippen molar-refractivity contribution in [3.63, 3.8) is 0 Å². The largest absolute Gasteiger partial charge is 0.369 e. The minimum atomic E-state index is 0.632. The zero-order valence-electron chi connectivity index (χ0n) is 12.6. The van der Waals surface area contributed by atoms with E-state index in [9.17, 15) is 5.26 Å². The molecule has 1 aromatic carbocycles. The summed E-state index contributed by atoms with van der Waals surface area (Å²) in [6, 6.07) is 14.0. The predicted molar refractivity (Wildman–Crippen MR) is 96.4 cm³/mol. The molecule has 0 N–H and O–H groups in total. The van der Waals surface area contributed by atoms with Crippen LogP contribution in [-0.4, -0.2) is 25.3 Å². The van der Waals surface area contributed by atoms with E-state index in [1.165, 1.54) is 11.3 Å². The van der Waals surface area contributed by atoms with Gasteiger partial charge in [0, 0.05) is 23.7 Å².